The van der Waals surface area contributed by atoms with Crippen LogP contribution in [-0.4, -0.2) is 30.2 Å². The summed E-state index contributed by atoms with van der Waals surface area (Å²) in [7, 11) is 3.76. The van der Waals surface area contributed by atoms with E-state index in [4.69, 9.17) is 17.0 Å². The fraction of sp³-hybridized carbons (Fsp3) is 0.611. The van der Waals surface area contributed by atoms with E-state index in [9.17, 15) is 0 Å². The van der Waals surface area contributed by atoms with Gasteiger partial charge < -0.3 is 15.0 Å². The van der Waals surface area contributed by atoms with Crippen molar-refractivity contribution in [2.24, 2.45) is 5.92 Å². The molecular formula is C18H28N2OS. The number of hydrogen-bond donors (Lipinski definition) is 1. The Morgan fingerprint density at radius 1 is 1.36 bits per heavy atom. The van der Waals surface area contributed by atoms with Gasteiger partial charge in [0.1, 0.15) is 5.75 Å². The second-order valence-electron chi connectivity index (χ2n) is 6.49. The first-order chi connectivity index (χ1) is 10.5. The molecule has 0 saturated heterocycles. The molecule has 122 valence electrons. The molecule has 1 fully saturated rings. The molecule has 1 aliphatic carbocycles. The molecule has 0 aliphatic heterocycles. The van der Waals surface area contributed by atoms with Crippen molar-refractivity contribution in [1.29, 1.82) is 0 Å². The van der Waals surface area contributed by atoms with Crippen LogP contribution in [0.5, 0.6) is 5.75 Å². The monoisotopic (exact) mass is 320 g/mol. The van der Waals surface area contributed by atoms with Crippen molar-refractivity contribution in [3.8, 4) is 5.75 Å². The Bertz CT molecular complexity index is 518. The number of hydrogen-bond acceptors (Lipinski definition) is 2. The van der Waals surface area contributed by atoms with Crippen LogP contribution in [0.4, 0.5) is 0 Å². The van der Waals surface area contributed by atoms with Gasteiger partial charge >= 0.3 is 0 Å². The van der Waals surface area contributed by atoms with E-state index >= 15 is 0 Å². The minimum Gasteiger partial charge on any atom is -0.496 e. The van der Waals surface area contributed by atoms with Crippen LogP contribution < -0.4 is 10.1 Å². The zero-order chi connectivity index (χ0) is 16.1. The molecule has 2 rings (SSSR count). The molecule has 0 radical (unpaired) electrons. The van der Waals surface area contributed by atoms with Crippen molar-refractivity contribution in [2.45, 2.75) is 52.1 Å². The van der Waals surface area contributed by atoms with E-state index in [0.717, 1.165) is 17.4 Å². The van der Waals surface area contributed by atoms with E-state index in [0.29, 0.717) is 12.0 Å². The van der Waals surface area contributed by atoms with Gasteiger partial charge in [-0.05, 0) is 44.0 Å². The summed E-state index contributed by atoms with van der Waals surface area (Å²) < 4.78 is 5.46. The molecule has 3 nitrogen and oxygen atoms in total. The van der Waals surface area contributed by atoms with Gasteiger partial charge in [0.2, 0.25) is 0 Å². The number of aryl methyl sites for hydroxylation is 1. The van der Waals surface area contributed by atoms with Crippen LogP contribution in [0.15, 0.2) is 18.2 Å². The summed E-state index contributed by atoms with van der Waals surface area (Å²) in [5, 5.41) is 4.39. The Labute approximate surface area is 140 Å². The van der Waals surface area contributed by atoms with Crippen LogP contribution in [-0.2, 0) is 6.54 Å². The average molecular weight is 321 g/mol. The Morgan fingerprint density at radius 3 is 2.77 bits per heavy atom. The standard InChI is InChI=1S/C18H28N2OS/c1-13-9-10-17(21-4)15(11-13)12-20(3)18(22)19-16-8-6-5-7-14(16)2/h9-11,14,16H,5-8,12H2,1-4H3,(H,19,22)/t14-,16+/m0/s1. The van der Waals surface area contributed by atoms with E-state index < -0.39 is 0 Å². The van der Waals surface area contributed by atoms with Crippen LogP contribution >= 0.6 is 12.2 Å². The maximum Gasteiger partial charge on any atom is 0.169 e. The van der Waals surface area contributed by atoms with Gasteiger partial charge in [0, 0.05) is 25.2 Å². The lowest BCUT2D eigenvalue weighted by atomic mass is 9.86. The molecule has 1 aromatic carbocycles. The fourth-order valence-electron chi connectivity index (χ4n) is 3.16. The lowest BCUT2D eigenvalue weighted by molar-refractivity contribution is 0.300. The third-order valence-electron chi connectivity index (χ3n) is 4.61. The number of nitrogens with zero attached hydrogens (tertiary/aromatic N) is 1. The van der Waals surface area contributed by atoms with E-state index in [2.05, 4.69) is 36.2 Å². The first kappa shape index (κ1) is 17.1. The zero-order valence-electron chi connectivity index (χ0n) is 14.2. The zero-order valence-corrected chi connectivity index (χ0v) is 15.0. The van der Waals surface area contributed by atoms with Gasteiger partial charge in [-0.2, -0.15) is 0 Å². The van der Waals surface area contributed by atoms with Crippen molar-refractivity contribution in [1.82, 2.24) is 10.2 Å². The van der Waals surface area contributed by atoms with E-state index in [1.807, 2.05) is 13.1 Å². The summed E-state index contributed by atoms with van der Waals surface area (Å²) in [6.45, 7) is 5.18. The maximum absolute atomic E-state index is 5.60. The molecule has 2 atom stereocenters. The Balaban J connectivity index is 1.97. The normalized spacial score (nSPS) is 21.3. The van der Waals surface area contributed by atoms with Crippen LogP contribution in [0.3, 0.4) is 0 Å². The largest absolute Gasteiger partial charge is 0.496 e. The Hall–Kier alpha value is -1.29. The molecule has 4 heteroatoms. The second-order valence-corrected chi connectivity index (χ2v) is 6.88. The molecule has 0 spiro atoms. The van der Waals surface area contributed by atoms with Crippen LogP contribution in [0.1, 0.15) is 43.7 Å². The summed E-state index contributed by atoms with van der Waals surface area (Å²) in [4.78, 5) is 2.11. The highest BCUT2D eigenvalue weighted by molar-refractivity contribution is 7.80. The first-order valence-corrected chi connectivity index (χ1v) is 8.57. The number of ether oxygens (including phenoxy) is 1. The molecule has 1 aromatic rings. The van der Waals surface area contributed by atoms with Crippen molar-refractivity contribution in [3.63, 3.8) is 0 Å². The third kappa shape index (κ3) is 4.35. The third-order valence-corrected chi connectivity index (χ3v) is 5.04. The van der Waals surface area contributed by atoms with Crippen LogP contribution in [0.25, 0.3) is 0 Å². The summed E-state index contributed by atoms with van der Waals surface area (Å²) in [5.74, 6) is 1.62. The van der Waals surface area contributed by atoms with E-state index in [1.54, 1.807) is 7.11 Å². The molecule has 22 heavy (non-hydrogen) atoms. The minimum atomic E-state index is 0.517. The summed E-state index contributed by atoms with van der Waals surface area (Å²) in [6, 6.07) is 6.78. The molecule has 0 heterocycles. The molecule has 1 saturated carbocycles. The van der Waals surface area contributed by atoms with Gasteiger partial charge in [-0.3, -0.25) is 0 Å². The SMILES string of the molecule is COc1ccc(C)cc1CN(C)C(=S)N[C@@H]1CCCC[C@@H]1C. The van der Waals surface area contributed by atoms with Gasteiger partial charge in [0.05, 0.1) is 7.11 Å². The summed E-state index contributed by atoms with van der Waals surface area (Å²) in [6.07, 6.45) is 5.18. The highest BCUT2D eigenvalue weighted by Gasteiger charge is 2.22. The van der Waals surface area contributed by atoms with Gasteiger partial charge in [0.25, 0.3) is 0 Å². The predicted octanol–water partition coefficient (Wildman–Crippen LogP) is 3.89. The van der Waals surface area contributed by atoms with Crippen molar-refractivity contribution >= 4 is 17.3 Å². The first-order valence-electron chi connectivity index (χ1n) is 8.16. The molecule has 1 aliphatic rings. The highest BCUT2D eigenvalue weighted by atomic mass is 32.1. The molecular weight excluding hydrogens is 292 g/mol. The molecule has 0 amide bonds. The minimum absolute atomic E-state index is 0.517. The van der Waals surface area contributed by atoms with Crippen molar-refractivity contribution < 1.29 is 4.74 Å². The van der Waals surface area contributed by atoms with Gasteiger partial charge in [-0.25, -0.2) is 0 Å². The lowest BCUT2D eigenvalue weighted by Crippen LogP contribution is -2.46. The van der Waals surface area contributed by atoms with Gasteiger partial charge in [0.15, 0.2) is 5.11 Å². The lowest BCUT2D eigenvalue weighted by Gasteiger charge is -2.33. The van der Waals surface area contributed by atoms with Crippen LogP contribution in [0.2, 0.25) is 0 Å². The summed E-state index contributed by atoms with van der Waals surface area (Å²) in [5.41, 5.74) is 2.41. The predicted molar refractivity (Wildman–Crippen MR) is 96.4 cm³/mol. The quantitative estimate of drug-likeness (QED) is 0.851. The van der Waals surface area contributed by atoms with Gasteiger partial charge in [-0.1, -0.05) is 37.5 Å². The maximum atomic E-state index is 5.60. The van der Waals surface area contributed by atoms with Gasteiger partial charge in [-0.15, -0.1) is 0 Å². The van der Waals surface area contributed by atoms with E-state index in [-0.39, 0.29) is 0 Å². The second kappa shape index (κ2) is 7.82. The number of methoxy groups -OCH3 is 1. The Morgan fingerprint density at radius 2 is 2.09 bits per heavy atom. The highest BCUT2D eigenvalue weighted by Crippen LogP contribution is 2.24. The van der Waals surface area contributed by atoms with Crippen molar-refractivity contribution in [3.05, 3.63) is 29.3 Å². The average Bonchev–Trinajstić information content (AvgIpc) is 2.49. The molecule has 1 N–H and O–H groups in total. The van der Waals surface area contributed by atoms with E-state index in [1.165, 1.54) is 36.8 Å². The Kier molecular flexibility index (Phi) is 6.07. The fourth-order valence-corrected chi connectivity index (χ4v) is 3.37. The molecule has 0 aromatic heterocycles. The number of benzene rings is 1. The smallest absolute Gasteiger partial charge is 0.169 e. The van der Waals surface area contributed by atoms with Crippen molar-refractivity contribution in [2.75, 3.05) is 14.2 Å². The molecule has 0 unspecified atom stereocenters. The molecule has 0 bridgehead atoms. The number of nitrogens with one attached hydrogen (secondary N) is 1. The topological polar surface area (TPSA) is 24.5 Å². The number of thiocarbonyl (C=S) groups is 1. The van der Waals surface area contributed by atoms with Crippen LogP contribution in [0, 0.1) is 12.8 Å². The number of rotatable bonds is 4. The summed E-state index contributed by atoms with van der Waals surface area (Å²) >= 11 is 5.60.